The molecule has 0 amide bonds. The van der Waals surface area contributed by atoms with Crippen molar-refractivity contribution in [2.45, 2.75) is 0 Å². The fourth-order valence-electron chi connectivity index (χ4n) is 1.45. The van der Waals surface area contributed by atoms with Crippen molar-refractivity contribution in [3.8, 4) is 5.75 Å². The first kappa shape index (κ1) is 11.9. The van der Waals surface area contributed by atoms with Crippen molar-refractivity contribution in [1.82, 2.24) is 0 Å². The van der Waals surface area contributed by atoms with Crippen LogP contribution in [0.25, 0.3) is 0 Å². The van der Waals surface area contributed by atoms with E-state index in [1.807, 2.05) is 0 Å². The van der Waals surface area contributed by atoms with Crippen molar-refractivity contribution >= 4 is 17.9 Å². The van der Waals surface area contributed by atoms with Crippen molar-refractivity contribution in [1.29, 1.82) is 0 Å². The highest BCUT2D eigenvalue weighted by Crippen LogP contribution is 2.16. The summed E-state index contributed by atoms with van der Waals surface area (Å²) < 4.78 is 0. The van der Waals surface area contributed by atoms with Gasteiger partial charge in [0.25, 0.3) is 0 Å². The first-order chi connectivity index (χ1) is 8.66. The smallest absolute Gasteiger partial charge is 0.335 e. The molecule has 0 unspecified atom stereocenters. The maximum Gasteiger partial charge on any atom is 0.335 e. The molecule has 0 fully saturated rings. The van der Waals surface area contributed by atoms with E-state index in [9.17, 15) is 9.90 Å². The van der Waals surface area contributed by atoms with E-state index in [1.165, 1.54) is 24.4 Å². The van der Waals surface area contributed by atoms with Gasteiger partial charge < -0.3 is 10.2 Å². The summed E-state index contributed by atoms with van der Waals surface area (Å²) >= 11 is 0. The number of hydrogen-bond acceptors (Lipinski definition) is 3. The highest BCUT2D eigenvalue weighted by Gasteiger charge is 2.01. The van der Waals surface area contributed by atoms with Gasteiger partial charge in [-0.05, 0) is 23.8 Å². The van der Waals surface area contributed by atoms with Crippen LogP contribution in [0.3, 0.4) is 0 Å². The first-order valence-corrected chi connectivity index (χ1v) is 5.30. The summed E-state index contributed by atoms with van der Waals surface area (Å²) in [6, 6.07) is 12.7. The lowest BCUT2D eigenvalue weighted by Crippen LogP contribution is -1.95. The highest BCUT2D eigenvalue weighted by atomic mass is 16.4. The largest absolute Gasteiger partial charge is 0.872 e. The van der Waals surface area contributed by atoms with Crippen LogP contribution in [0, 0.1) is 0 Å². The number of hydrogen-bond donors (Lipinski definition) is 1. The number of benzene rings is 2. The molecule has 2 rings (SSSR count). The molecule has 18 heavy (non-hydrogen) atoms. The average molecular weight is 240 g/mol. The minimum Gasteiger partial charge on any atom is -0.872 e. The first-order valence-electron chi connectivity index (χ1n) is 5.30. The lowest BCUT2D eigenvalue weighted by molar-refractivity contribution is -0.268. The molecule has 2 aromatic carbocycles. The second-order valence-electron chi connectivity index (χ2n) is 3.65. The maximum absolute atomic E-state index is 11.4. The van der Waals surface area contributed by atoms with Gasteiger partial charge in [-0.2, -0.15) is 0 Å². The molecule has 0 aliphatic rings. The lowest BCUT2D eigenvalue weighted by atomic mass is 10.2. The Balaban J connectivity index is 2.27. The van der Waals surface area contributed by atoms with E-state index < -0.39 is 5.97 Å². The van der Waals surface area contributed by atoms with Crippen LogP contribution in [0.1, 0.15) is 15.9 Å². The zero-order valence-corrected chi connectivity index (χ0v) is 9.41. The Kier molecular flexibility index (Phi) is 3.38. The van der Waals surface area contributed by atoms with E-state index in [0.717, 1.165) is 0 Å². The number of nitrogens with zero attached hydrogens (tertiary/aromatic N) is 1. The third kappa shape index (κ3) is 2.74. The number of aromatic carboxylic acids is 1. The van der Waals surface area contributed by atoms with Gasteiger partial charge in [0.15, 0.2) is 0 Å². The average Bonchev–Trinajstić information content (AvgIpc) is 2.38. The third-order valence-electron chi connectivity index (χ3n) is 2.36. The number of carbonyl (C=O) groups is 1. The molecule has 4 nitrogen and oxygen atoms in total. The lowest BCUT2D eigenvalue weighted by Gasteiger charge is -2.07. The normalized spacial score (nSPS) is 10.7. The summed E-state index contributed by atoms with van der Waals surface area (Å²) in [7, 11) is 0. The molecule has 0 aliphatic carbocycles. The Bertz CT molecular complexity index is 605. The highest BCUT2D eigenvalue weighted by molar-refractivity contribution is 5.89. The van der Waals surface area contributed by atoms with Crippen molar-refractivity contribution in [3.05, 3.63) is 59.7 Å². The van der Waals surface area contributed by atoms with Gasteiger partial charge in [0.1, 0.15) is 0 Å². The summed E-state index contributed by atoms with van der Waals surface area (Å²) in [5, 5.41) is 20.3. The molecular formula is C14H10NO3-. The van der Waals surface area contributed by atoms with Crippen LogP contribution in [0.5, 0.6) is 5.75 Å². The van der Waals surface area contributed by atoms with Crippen molar-refractivity contribution in [3.63, 3.8) is 0 Å². The molecule has 0 atom stereocenters. The van der Waals surface area contributed by atoms with E-state index in [2.05, 4.69) is 4.99 Å². The minimum absolute atomic E-state index is 0.115. The van der Waals surface area contributed by atoms with Crippen LogP contribution in [0.2, 0.25) is 0 Å². The van der Waals surface area contributed by atoms with Crippen LogP contribution in [0.15, 0.2) is 53.5 Å². The maximum atomic E-state index is 11.4. The minimum atomic E-state index is -1.00. The summed E-state index contributed by atoms with van der Waals surface area (Å²) in [5.74, 6) is -1.12. The number of rotatable bonds is 3. The Labute approximate surface area is 104 Å². The van der Waals surface area contributed by atoms with Crippen LogP contribution >= 0.6 is 0 Å². The van der Waals surface area contributed by atoms with Gasteiger partial charge in [0.2, 0.25) is 0 Å². The second kappa shape index (κ2) is 5.14. The van der Waals surface area contributed by atoms with E-state index in [4.69, 9.17) is 5.11 Å². The van der Waals surface area contributed by atoms with E-state index >= 15 is 0 Å². The van der Waals surface area contributed by atoms with E-state index in [-0.39, 0.29) is 11.3 Å². The molecule has 0 saturated heterocycles. The fraction of sp³-hybridized carbons (Fsp3) is 0. The van der Waals surface area contributed by atoms with Gasteiger partial charge in [-0.1, -0.05) is 30.3 Å². The molecule has 0 bridgehead atoms. The topological polar surface area (TPSA) is 72.7 Å². The van der Waals surface area contributed by atoms with Crippen LogP contribution in [0.4, 0.5) is 5.69 Å². The third-order valence-corrected chi connectivity index (χ3v) is 2.36. The Hall–Kier alpha value is -2.62. The van der Waals surface area contributed by atoms with Crippen molar-refractivity contribution in [2.24, 2.45) is 4.99 Å². The van der Waals surface area contributed by atoms with Gasteiger partial charge in [0, 0.05) is 6.21 Å². The summed E-state index contributed by atoms with van der Waals surface area (Å²) in [4.78, 5) is 14.9. The Morgan fingerprint density at radius 2 is 1.94 bits per heavy atom. The fourth-order valence-corrected chi connectivity index (χ4v) is 1.45. The molecular weight excluding hydrogens is 230 g/mol. The molecule has 0 heterocycles. The standard InChI is InChI=1S/C14H11NO3/c16-13-7-2-1-4-11(13)9-15-12-6-3-5-10(8-12)14(17)18/h1-9,16H,(H,17,18)/p-1. The van der Waals surface area contributed by atoms with Crippen molar-refractivity contribution in [2.75, 3.05) is 0 Å². The molecule has 2 aromatic rings. The van der Waals surface area contributed by atoms with E-state index in [1.54, 1.807) is 30.3 Å². The molecule has 0 radical (unpaired) electrons. The van der Waals surface area contributed by atoms with Crippen LogP contribution in [-0.2, 0) is 0 Å². The summed E-state index contributed by atoms with van der Waals surface area (Å²) in [6.07, 6.45) is 1.43. The predicted octanol–water partition coefficient (Wildman–Crippen LogP) is 2.21. The molecule has 1 N–H and O–H groups in total. The molecule has 0 aromatic heterocycles. The molecule has 4 heteroatoms. The van der Waals surface area contributed by atoms with Gasteiger partial charge in [-0.3, -0.25) is 4.99 Å². The number of para-hydroxylation sites is 1. The zero-order valence-electron chi connectivity index (χ0n) is 9.41. The van der Waals surface area contributed by atoms with Gasteiger partial charge in [-0.25, -0.2) is 4.79 Å². The summed E-state index contributed by atoms with van der Waals surface area (Å²) in [5.41, 5.74) is 1.14. The van der Waals surface area contributed by atoms with Gasteiger partial charge >= 0.3 is 5.97 Å². The van der Waals surface area contributed by atoms with Crippen molar-refractivity contribution < 1.29 is 15.0 Å². The number of carboxylic acids is 1. The van der Waals surface area contributed by atoms with Crippen LogP contribution < -0.4 is 5.11 Å². The van der Waals surface area contributed by atoms with E-state index in [0.29, 0.717) is 11.3 Å². The summed E-state index contributed by atoms with van der Waals surface area (Å²) in [6.45, 7) is 0. The zero-order chi connectivity index (χ0) is 13.0. The molecule has 90 valence electrons. The predicted molar refractivity (Wildman–Crippen MR) is 66.5 cm³/mol. The Morgan fingerprint density at radius 3 is 2.67 bits per heavy atom. The number of carboxylic acid groups (broad SMARTS) is 1. The second-order valence-corrected chi connectivity index (χ2v) is 3.65. The quantitative estimate of drug-likeness (QED) is 0.836. The van der Waals surface area contributed by atoms with Crippen LogP contribution in [-0.4, -0.2) is 17.3 Å². The van der Waals surface area contributed by atoms with Gasteiger partial charge in [0.05, 0.1) is 11.3 Å². The Morgan fingerprint density at radius 1 is 1.17 bits per heavy atom. The molecule has 0 saturated carbocycles. The molecule has 0 spiro atoms. The molecule has 0 aliphatic heterocycles. The monoisotopic (exact) mass is 240 g/mol. The van der Waals surface area contributed by atoms with Gasteiger partial charge in [-0.15, -0.1) is 5.75 Å². The SMILES string of the molecule is O=C(O)c1cccc(N=Cc2ccccc2[O-])c1. The number of aliphatic imine (C=N–C) groups is 1.